The number of fused-ring (bicyclic) bond motifs is 3. The molecule has 0 unspecified atom stereocenters. The second kappa shape index (κ2) is 3.95. The van der Waals surface area contributed by atoms with Gasteiger partial charge in [0.2, 0.25) is 0 Å². The van der Waals surface area contributed by atoms with Crippen molar-refractivity contribution in [2.45, 2.75) is 57.7 Å². The molecule has 4 nitrogen and oxygen atoms in total. The van der Waals surface area contributed by atoms with Crippen LogP contribution in [-0.4, -0.2) is 30.3 Å². The Labute approximate surface area is 103 Å². The first-order chi connectivity index (χ1) is 7.91. The molecule has 2 aliphatic heterocycles. The molecule has 4 heteroatoms. The molecule has 0 aromatic heterocycles. The number of hydrogen-bond donors (Lipinski definition) is 1. The van der Waals surface area contributed by atoms with E-state index in [-0.39, 0.29) is 11.6 Å². The minimum absolute atomic E-state index is 0.102. The van der Waals surface area contributed by atoms with Gasteiger partial charge in [0, 0.05) is 6.54 Å². The Morgan fingerprint density at radius 3 is 2.29 bits per heavy atom. The number of carbonyl (C=O) groups is 1. The Morgan fingerprint density at radius 2 is 1.88 bits per heavy atom. The highest BCUT2D eigenvalue weighted by atomic mass is 16.6. The standard InChI is InChI=1S/C13H23NO3/c1-4-16-10(15)13-7-5-12(9-14,6-8-13)17-11(13,2)3/h4-9,14H2,1-3H3. The van der Waals surface area contributed by atoms with Gasteiger partial charge in [0.05, 0.1) is 23.2 Å². The summed E-state index contributed by atoms with van der Waals surface area (Å²) in [7, 11) is 0. The summed E-state index contributed by atoms with van der Waals surface area (Å²) in [5.74, 6) is -0.102. The summed E-state index contributed by atoms with van der Waals surface area (Å²) in [6.07, 6.45) is 3.39. The minimum atomic E-state index is -0.477. The average Bonchev–Trinajstić information content (AvgIpc) is 2.29. The summed E-state index contributed by atoms with van der Waals surface area (Å²) in [6.45, 7) is 6.80. The van der Waals surface area contributed by atoms with Crippen molar-refractivity contribution in [3.05, 3.63) is 0 Å². The molecule has 2 N–H and O–H groups in total. The first kappa shape index (κ1) is 12.8. The zero-order valence-electron chi connectivity index (χ0n) is 11.0. The number of ether oxygens (including phenoxy) is 2. The Balaban J connectivity index is 2.28. The molecule has 2 bridgehead atoms. The molecule has 1 saturated carbocycles. The van der Waals surface area contributed by atoms with Crippen LogP contribution in [0.4, 0.5) is 0 Å². The van der Waals surface area contributed by atoms with Gasteiger partial charge < -0.3 is 15.2 Å². The molecule has 3 fully saturated rings. The van der Waals surface area contributed by atoms with E-state index in [1.165, 1.54) is 0 Å². The van der Waals surface area contributed by atoms with Gasteiger partial charge in [0.1, 0.15) is 0 Å². The van der Waals surface area contributed by atoms with Gasteiger partial charge in [-0.2, -0.15) is 0 Å². The maximum atomic E-state index is 12.3. The van der Waals surface area contributed by atoms with E-state index in [4.69, 9.17) is 15.2 Å². The van der Waals surface area contributed by atoms with Gasteiger partial charge in [0.15, 0.2) is 0 Å². The highest BCUT2D eigenvalue weighted by molar-refractivity contribution is 5.79. The summed E-state index contributed by atoms with van der Waals surface area (Å²) in [5.41, 5.74) is 4.67. The van der Waals surface area contributed by atoms with Gasteiger partial charge in [-0.3, -0.25) is 4.79 Å². The third-order valence-corrected chi connectivity index (χ3v) is 4.68. The van der Waals surface area contributed by atoms with Crippen molar-refractivity contribution < 1.29 is 14.3 Å². The van der Waals surface area contributed by atoms with Crippen LogP contribution in [0, 0.1) is 5.41 Å². The summed E-state index contributed by atoms with van der Waals surface area (Å²) in [4.78, 5) is 12.3. The van der Waals surface area contributed by atoms with E-state index in [2.05, 4.69) is 0 Å². The maximum Gasteiger partial charge on any atom is 0.314 e. The Bertz CT molecular complexity index is 317. The highest BCUT2D eigenvalue weighted by Crippen LogP contribution is 2.57. The topological polar surface area (TPSA) is 61.5 Å². The third-order valence-electron chi connectivity index (χ3n) is 4.68. The lowest BCUT2D eigenvalue weighted by molar-refractivity contribution is -0.274. The fraction of sp³-hybridized carbons (Fsp3) is 0.923. The molecule has 17 heavy (non-hydrogen) atoms. The van der Waals surface area contributed by atoms with Crippen molar-refractivity contribution in [2.24, 2.45) is 11.1 Å². The van der Waals surface area contributed by atoms with Crippen molar-refractivity contribution in [1.82, 2.24) is 0 Å². The van der Waals surface area contributed by atoms with Gasteiger partial charge >= 0.3 is 5.97 Å². The summed E-state index contributed by atoms with van der Waals surface area (Å²) < 4.78 is 11.4. The number of rotatable bonds is 3. The van der Waals surface area contributed by atoms with E-state index in [1.54, 1.807) is 0 Å². The molecule has 0 amide bonds. The van der Waals surface area contributed by atoms with Crippen LogP contribution in [0.3, 0.4) is 0 Å². The van der Waals surface area contributed by atoms with E-state index >= 15 is 0 Å². The molecule has 0 aromatic rings. The predicted molar refractivity (Wildman–Crippen MR) is 64.5 cm³/mol. The van der Waals surface area contributed by atoms with Gasteiger partial charge in [-0.1, -0.05) is 0 Å². The molecular weight excluding hydrogens is 218 g/mol. The Hall–Kier alpha value is -0.610. The van der Waals surface area contributed by atoms with Crippen LogP contribution in [0.5, 0.6) is 0 Å². The van der Waals surface area contributed by atoms with Crippen LogP contribution in [0.1, 0.15) is 46.5 Å². The molecule has 1 aliphatic carbocycles. The summed E-state index contributed by atoms with van der Waals surface area (Å²) in [5, 5.41) is 0. The largest absolute Gasteiger partial charge is 0.465 e. The van der Waals surface area contributed by atoms with Crippen molar-refractivity contribution in [2.75, 3.05) is 13.2 Å². The van der Waals surface area contributed by atoms with Crippen LogP contribution in [0.2, 0.25) is 0 Å². The van der Waals surface area contributed by atoms with Crippen LogP contribution in [0.15, 0.2) is 0 Å². The van der Waals surface area contributed by atoms with Gasteiger partial charge in [-0.05, 0) is 46.5 Å². The molecule has 3 aliphatic rings. The van der Waals surface area contributed by atoms with Crippen LogP contribution >= 0.6 is 0 Å². The van der Waals surface area contributed by atoms with Crippen molar-refractivity contribution >= 4 is 5.97 Å². The quantitative estimate of drug-likeness (QED) is 0.763. The van der Waals surface area contributed by atoms with Crippen LogP contribution in [-0.2, 0) is 14.3 Å². The molecule has 2 saturated heterocycles. The number of esters is 1. The summed E-state index contributed by atoms with van der Waals surface area (Å²) in [6, 6.07) is 0. The lowest BCUT2D eigenvalue weighted by Crippen LogP contribution is -2.66. The maximum absolute atomic E-state index is 12.3. The monoisotopic (exact) mass is 241 g/mol. The normalized spacial score (nSPS) is 39.1. The predicted octanol–water partition coefficient (Wildman–Crippen LogP) is 1.62. The van der Waals surface area contributed by atoms with E-state index in [1.807, 2.05) is 20.8 Å². The van der Waals surface area contributed by atoms with Crippen LogP contribution in [0.25, 0.3) is 0 Å². The smallest absolute Gasteiger partial charge is 0.314 e. The molecule has 0 spiro atoms. The first-order valence-corrected chi connectivity index (χ1v) is 6.49. The molecule has 0 radical (unpaired) electrons. The third kappa shape index (κ3) is 1.69. The second-order valence-electron chi connectivity index (χ2n) is 5.80. The Morgan fingerprint density at radius 1 is 1.29 bits per heavy atom. The molecule has 3 rings (SSSR count). The van der Waals surface area contributed by atoms with E-state index in [0.29, 0.717) is 13.2 Å². The molecule has 2 heterocycles. The summed E-state index contributed by atoms with van der Waals surface area (Å²) >= 11 is 0. The second-order valence-corrected chi connectivity index (χ2v) is 5.80. The molecule has 98 valence electrons. The van der Waals surface area contributed by atoms with E-state index < -0.39 is 11.0 Å². The van der Waals surface area contributed by atoms with Crippen LogP contribution < -0.4 is 5.73 Å². The lowest BCUT2D eigenvalue weighted by atomic mass is 9.57. The average molecular weight is 241 g/mol. The van der Waals surface area contributed by atoms with Gasteiger partial charge in [0.25, 0.3) is 0 Å². The van der Waals surface area contributed by atoms with Gasteiger partial charge in [-0.25, -0.2) is 0 Å². The SMILES string of the molecule is CCOC(=O)C12CCC(CN)(CC1)OC2(C)C. The fourth-order valence-corrected chi connectivity index (χ4v) is 3.44. The molecule has 0 atom stereocenters. The van der Waals surface area contributed by atoms with E-state index in [9.17, 15) is 4.79 Å². The Kier molecular flexibility index (Phi) is 2.99. The van der Waals surface area contributed by atoms with Gasteiger partial charge in [-0.15, -0.1) is 0 Å². The minimum Gasteiger partial charge on any atom is -0.465 e. The lowest BCUT2D eigenvalue weighted by Gasteiger charge is -2.60. The van der Waals surface area contributed by atoms with E-state index in [0.717, 1.165) is 25.7 Å². The van der Waals surface area contributed by atoms with Crippen molar-refractivity contribution in [3.8, 4) is 0 Å². The first-order valence-electron chi connectivity index (χ1n) is 6.49. The van der Waals surface area contributed by atoms with Crippen molar-refractivity contribution in [3.63, 3.8) is 0 Å². The number of carbonyl (C=O) groups excluding carboxylic acids is 1. The number of nitrogens with two attached hydrogens (primary N) is 1. The molecular formula is C13H23NO3. The zero-order chi connectivity index (χ0) is 12.7. The number of hydrogen-bond acceptors (Lipinski definition) is 4. The molecule has 0 aromatic carbocycles. The van der Waals surface area contributed by atoms with Crippen molar-refractivity contribution in [1.29, 1.82) is 0 Å². The highest BCUT2D eigenvalue weighted by Gasteiger charge is 2.63. The zero-order valence-corrected chi connectivity index (χ0v) is 11.0. The fourth-order valence-electron chi connectivity index (χ4n) is 3.44.